The molecule has 6 heteroatoms. The highest BCUT2D eigenvalue weighted by Gasteiger charge is 2.35. The number of carboxylic acid groups (broad SMARTS) is 1. The van der Waals surface area contributed by atoms with Crippen LogP contribution in [0.4, 0.5) is 5.69 Å². The third-order valence-corrected chi connectivity index (χ3v) is 5.24. The van der Waals surface area contributed by atoms with Gasteiger partial charge < -0.3 is 15.3 Å². The molecule has 0 saturated heterocycles. The molecule has 0 aromatic heterocycles. The fourth-order valence-corrected chi connectivity index (χ4v) is 3.90. The standard InChI is InChI=1S/C23H26N2O4.C3H6/c1-14(2)12-15(13-20(26)27)22(28)24-21-18-10-5-4-8-16(18)17-9-6-7-11-19(17)25(3)23(21)29;1-3-2/h4-11,14-15,21H,12-13H2,1-3H3,(H,24,28)(H,26,27);3H,1H2,2H3. The molecule has 2 unspecified atom stereocenters. The number of hydrogen-bond acceptors (Lipinski definition) is 3. The van der Waals surface area contributed by atoms with Crippen molar-refractivity contribution in [3.05, 3.63) is 66.7 Å². The summed E-state index contributed by atoms with van der Waals surface area (Å²) in [6, 6.07) is 14.2. The van der Waals surface area contributed by atoms with Gasteiger partial charge in [0.25, 0.3) is 5.91 Å². The SMILES string of the molecule is C=CC.CC(C)CC(CC(=O)O)C(=O)NC1C(=O)N(C)c2ccccc2-c2ccccc21. The number of nitrogens with zero attached hydrogens (tertiary/aromatic N) is 1. The normalized spacial score (nSPS) is 15.5. The molecular weight excluding hydrogens is 404 g/mol. The highest BCUT2D eigenvalue weighted by atomic mass is 16.4. The van der Waals surface area contributed by atoms with Crippen molar-refractivity contribution in [1.29, 1.82) is 0 Å². The maximum atomic E-state index is 13.3. The molecule has 0 bridgehead atoms. The minimum atomic E-state index is -1.03. The van der Waals surface area contributed by atoms with Gasteiger partial charge >= 0.3 is 5.97 Å². The first-order chi connectivity index (χ1) is 15.2. The molecule has 0 aliphatic carbocycles. The number of para-hydroxylation sites is 1. The monoisotopic (exact) mass is 436 g/mol. The zero-order valence-corrected chi connectivity index (χ0v) is 19.2. The van der Waals surface area contributed by atoms with Gasteiger partial charge in [-0.1, -0.05) is 62.4 Å². The Kier molecular flexibility index (Phi) is 8.76. The number of amides is 2. The summed E-state index contributed by atoms with van der Waals surface area (Å²) in [5.74, 6) is -2.22. The number of nitrogens with one attached hydrogen (secondary N) is 1. The highest BCUT2D eigenvalue weighted by Crippen LogP contribution is 2.39. The molecule has 3 rings (SSSR count). The first-order valence-electron chi connectivity index (χ1n) is 10.8. The van der Waals surface area contributed by atoms with E-state index < -0.39 is 23.8 Å². The molecule has 0 spiro atoms. The highest BCUT2D eigenvalue weighted by molar-refractivity contribution is 6.06. The average molecular weight is 437 g/mol. The van der Waals surface area contributed by atoms with Crippen molar-refractivity contribution in [1.82, 2.24) is 5.32 Å². The summed E-state index contributed by atoms with van der Waals surface area (Å²) in [5, 5.41) is 12.1. The number of allylic oxidation sites excluding steroid dienone is 1. The molecule has 0 fully saturated rings. The number of anilines is 1. The topological polar surface area (TPSA) is 86.7 Å². The van der Waals surface area contributed by atoms with Crippen molar-refractivity contribution in [2.24, 2.45) is 11.8 Å². The van der Waals surface area contributed by atoms with E-state index >= 15 is 0 Å². The molecule has 0 radical (unpaired) electrons. The molecule has 2 aromatic carbocycles. The zero-order valence-electron chi connectivity index (χ0n) is 19.2. The predicted octanol–water partition coefficient (Wildman–Crippen LogP) is 4.82. The summed E-state index contributed by atoms with van der Waals surface area (Å²) in [6.45, 7) is 9.14. The molecule has 1 heterocycles. The minimum absolute atomic E-state index is 0.161. The summed E-state index contributed by atoms with van der Waals surface area (Å²) in [5.41, 5.74) is 3.27. The van der Waals surface area contributed by atoms with Crippen LogP contribution >= 0.6 is 0 Å². The Bertz CT molecular complexity index is 983. The maximum absolute atomic E-state index is 13.3. The first-order valence-corrected chi connectivity index (χ1v) is 10.8. The van der Waals surface area contributed by atoms with Gasteiger partial charge in [0.2, 0.25) is 5.91 Å². The molecule has 0 saturated carbocycles. The number of benzene rings is 2. The third kappa shape index (κ3) is 5.84. The largest absolute Gasteiger partial charge is 0.481 e. The van der Waals surface area contributed by atoms with Gasteiger partial charge in [-0.25, -0.2) is 0 Å². The zero-order chi connectivity index (χ0) is 23.8. The number of hydrogen-bond donors (Lipinski definition) is 2. The van der Waals surface area contributed by atoms with Crippen molar-refractivity contribution >= 4 is 23.5 Å². The summed E-state index contributed by atoms with van der Waals surface area (Å²) in [4.78, 5) is 39.1. The van der Waals surface area contributed by atoms with Crippen LogP contribution in [0.1, 0.15) is 45.2 Å². The lowest BCUT2D eigenvalue weighted by Gasteiger charge is -2.25. The molecule has 1 aliphatic heterocycles. The van der Waals surface area contributed by atoms with Gasteiger partial charge in [-0.2, -0.15) is 0 Å². The van der Waals surface area contributed by atoms with Gasteiger partial charge in [-0.05, 0) is 36.5 Å². The number of carbonyl (C=O) groups excluding carboxylic acids is 2. The van der Waals surface area contributed by atoms with Gasteiger partial charge in [-0.15, -0.1) is 6.58 Å². The van der Waals surface area contributed by atoms with Crippen LogP contribution in [-0.4, -0.2) is 29.9 Å². The molecule has 32 heavy (non-hydrogen) atoms. The fraction of sp³-hybridized carbons (Fsp3) is 0.346. The smallest absolute Gasteiger partial charge is 0.304 e. The lowest BCUT2D eigenvalue weighted by atomic mass is 9.91. The Morgan fingerprint density at radius 3 is 2.28 bits per heavy atom. The van der Waals surface area contributed by atoms with E-state index in [4.69, 9.17) is 0 Å². The van der Waals surface area contributed by atoms with Crippen molar-refractivity contribution < 1.29 is 19.5 Å². The quantitative estimate of drug-likeness (QED) is 0.636. The van der Waals surface area contributed by atoms with Gasteiger partial charge in [0, 0.05) is 18.5 Å². The summed E-state index contributed by atoms with van der Waals surface area (Å²) in [7, 11) is 1.69. The van der Waals surface area contributed by atoms with Gasteiger partial charge in [-0.3, -0.25) is 14.4 Å². The summed E-state index contributed by atoms with van der Waals surface area (Å²) < 4.78 is 0. The van der Waals surface area contributed by atoms with Crippen LogP contribution in [0.3, 0.4) is 0 Å². The number of fused-ring (bicyclic) bond motifs is 3. The molecule has 2 aromatic rings. The third-order valence-electron chi connectivity index (χ3n) is 5.24. The number of likely N-dealkylation sites (N-methyl/N-ethyl adjacent to an activating group) is 1. The van der Waals surface area contributed by atoms with E-state index in [9.17, 15) is 19.5 Å². The van der Waals surface area contributed by atoms with Crippen LogP contribution in [0.2, 0.25) is 0 Å². The van der Waals surface area contributed by atoms with Crippen molar-refractivity contribution in [3.63, 3.8) is 0 Å². The minimum Gasteiger partial charge on any atom is -0.481 e. The average Bonchev–Trinajstić information content (AvgIpc) is 2.83. The molecular formula is C26H32N2O4. The Labute approximate surface area is 189 Å². The molecule has 1 aliphatic rings. The van der Waals surface area contributed by atoms with Crippen LogP contribution < -0.4 is 10.2 Å². The Morgan fingerprint density at radius 2 is 1.69 bits per heavy atom. The Hall–Kier alpha value is -3.41. The second-order valence-corrected chi connectivity index (χ2v) is 8.28. The van der Waals surface area contributed by atoms with Crippen molar-refractivity contribution in [2.45, 2.75) is 39.7 Å². The summed E-state index contributed by atoms with van der Waals surface area (Å²) >= 11 is 0. The van der Waals surface area contributed by atoms with Crippen LogP contribution in [-0.2, 0) is 14.4 Å². The van der Waals surface area contributed by atoms with Crippen LogP contribution in [0, 0.1) is 11.8 Å². The van der Waals surface area contributed by atoms with E-state index in [2.05, 4.69) is 11.9 Å². The lowest BCUT2D eigenvalue weighted by molar-refractivity contribution is -0.141. The molecule has 2 atom stereocenters. The number of carboxylic acids is 1. The van der Waals surface area contributed by atoms with E-state index in [1.54, 1.807) is 18.0 Å². The number of aliphatic carboxylic acids is 1. The second-order valence-electron chi connectivity index (χ2n) is 8.28. The maximum Gasteiger partial charge on any atom is 0.304 e. The molecule has 2 amide bonds. The first kappa shape index (κ1) is 24.9. The van der Waals surface area contributed by atoms with E-state index in [-0.39, 0.29) is 18.2 Å². The molecule has 170 valence electrons. The Morgan fingerprint density at radius 1 is 1.12 bits per heavy atom. The fourth-order valence-electron chi connectivity index (χ4n) is 3.90. The van der Waals surface area contributed by atoms with E-state index in [0.29, 0.717) is 12.0 Å². The lowest BCUT2D eigenvalue weighted by Crippen LogP contribution is -2.43. The van der Waals surface area contributed by atoms with E-state index in [1.807, 2.05) is 69.3 Å². The summed E-state index contributed by atoms with van der Waals surface area (Å²) in [6.07, 6.45) is 1.93. The van der Waals surface area contributed by atoms with Crippen molar-refractivity contribution in [3.8, 4) is 11.1 Å². The number of carbonyl (C=O) groups is 3. The van der Waals surface area contributed by atoms with E-state index in [0.717, 1.165) is 16.8 Å². The van der Waals surface area contributed by atoms with Gasteiger partial charge in [0.15, 0.2) is 0 Å². The van der Waals surface area contributed by atoms with Gasteiger partial charge in [0.05, 0.1) is 12.1 Å². The number of rotatable bonds is 6. The van der Waals surface area contributed by atoms with Crippen LogP contribution in [0.15, 0.2) is 61.2 Å². The van der Waals surface area contributed by atoms with Gasteiger partial charge in [0.1, 0.15) is 6.04 Å². The molecule has 2 N–H and O–H groups in total. The van der Waals surface area contributed by atoms with Crippen LogP contribution in [0.5, 0.6) is 0 Å². The molecule has 6 nitrogen and oxygen atoms in total. The second kappa shape index (κ2) is 11.3. The predicted molar refractivity (Wildman–Crippen MR) is 127 cm³/mol. The van der Waals surface area contributed by atoms with Crippen LogP contribution in [0.25, 0.3) is 11.1 Å². The van der Waals surface area contributed by atoms with Crippen molar-refractivity contribution in [2.75, 3.05) is 11.9 Å². The van der Waals surface area contributed by atoms with E-state index in [1.165, 1.54) is 0 Å². The Balaban J connectivity index is 0.00000114.